The molecule has 3 heterocycles. The molecule has 0 spiro atoms. The maximum Gasteiger partial charge on any atom is 0.369 e. The maximum absolute atomic E-state index is 14.6. The van der Waals surface area contributed by atoms with Gasteiger partial charge in [0.2, 0.25) is 0 Å². The quantitative estimate of drug-likeness (QED) is 0.406. The highest BCUT2D eigenvalue weighted by atomic mass is 35.5. The van der Waals surface area contributed by atoms with Crippen molar-refractivity contribution in [3.63, 3.8) is 0 Å². The molecule has 2 amide bonds. The Morgan fingerprint density at radius 3 is 2.51 bits per heavy atom. The number of hydrogen-bond acceptors (Lipinski definition) is 3. The second-order valence-electron chi connectivity index (χ2n) is 8.99. The number of benzene rings is 2. The zero-order chi connectivity index (χ0) is 24.6. The zero-order valence-electron chi connectivity index (χ0n) is 19.5. The summed E-state index contributed by atoms with van der Waals surface area (Å²) >= 11 is 6.05. The third-order valence-electron chi connectivity index (χ3n) is 6.77. The van der Waals surface area contributed by atoms with Gasteiger partial charge in [0, 0.05) is 36.3 Å². The fourth-order valence-electron chi connectivity index (χ4n) is 5.23. The van der Waals surface area contributed by atoms with Crippen LogP contribution in [0.1, 0.15) is 34.6 Å². The first-order valence-electron chi connectivity index (χ1n) is 11.6. The Hall–Kier alpha value is -3.68. The van der Waals surface area contributed by atoms with Gasteiger partial charge in [0.15, 0.2) is 17.4 Å². The molecule has 5 rings (SSSR count). The lowest BCUT2D eigenvalue weighted by Gasteiger charge is -2.36. The van der Waals surface area contributed by atoms with Crippen molar-refractivity contribution in [3.8, 4) is 5.69 Å². The van der Waals surface area contributed by atoms with Gasteiger partial charge in [0.05, 0.1) is 18.8 Å². The smallest absolute Gasteiger partial charge is 0.364 e. The molecule has 0 radical (unpaired) electrons. The summed E-state index contributed by atoms with van der Waals surface area (Å²) in [5, 5.41) is 5.27. The summed E-state index contributed by atoms with van der Waals surface area (Å²) in [6.07, 6.45) is 5.13. The summed E-state index contributed by atoms with van der Waals surface area (Å²) in [6.45, 7) is 2.76. The fourth-order valence-corrected chi connectivity index (χ4v) is 5.36. The van der Waals surface area contributed by atoms with Crippen LogP contribution in [0.25, 0.3) is 5.69 Å². The summed E-state index contributed by atoms with van der Waals surface area (Å²) in [7, 11) is 0. The van der Waals surface area contributed by atoms with Crippen LogP contribution in [0, 0.1) is 6.92 Å². The number of aryl methyl sites for hydroxylation is 1. The predicted molar refractivity (Wildman–Crippen MR) is 136 cm³/mol. The molecule has 1 aliphatic heterocycles. The molecule has 178 valence electrons. The number of para-hydroxylation sites is 2. The van der Waals surface area contributed by atoms with E-state index in [1.165, 1.54) is 0 Å². The molecule has 7 nitrogen and oxygen atoms in total. The normalized spacial score (nSPS) is 19.7. The van der Waals surface area contributed by atoms with E-state index in [0.717, 1.165) is 22.6 Å². The Kier molecular flexibility index (Phi) is 6.05. The minimum absolute atomic E-state index is 0.157. The molecule has 0 aliphatic carbocycles. The molecule has 2 aromatic carbocycles. The number of primary amides is 1. The van der Waals surface area contributed by atoms with E-state index in [1.807, 2.05) is 84.5 Å². The number of nitrogens with zero attached hydrogens (tertiary/aromatic N) is 4. The maximum atomic E-state index is 14.6. The van der Waals surface area contributed by atoms with Gasteiger partial charge in [-0.1, -0.05) is 35.9 Å². The molecule has 4 aromatic rings. The van der Waals surface area contributed by atoms with Crippen LogP contribution in [0.4, 0.5) is 5.69 Å². The first-order valence-corrected chi connectivity index (χ1v) is 12.0. The van der Waals surface area contributed by atoms with Crippen LogP contribution in [0.5, 0.6) is 0 Å². The van der Waals surface area contributed by atoms with Crippen LogP contribution in [0.15, 0.2) is 79.1 Å². The van der Waals surface area contributed by atoms with Gasteiger partial charge >= 0.3 is 5.91 Å². The second kappa shape index (κ2) is 9.17. The highest BCUT2D eigenvalue weighted by Gasteiger charge is 2.55. The van der Waals surface area contributed by atoms with Crippen LogP contribution >= 0.6 is 11.6 Å². The van der Waals surface area contributed by atoms with Crippen molar-refractivity contribution in [3.05, 3.63) is 101 Å². The van der Waals surface area contributed by atoms with E-state index < -0.39 is 11.9 Å². The lowest BCUT2D eigenvalue weighted by atomic mass is 10.1. The van der Waals surface area contributed by atoms with Crippen molar-refractivity contribution < 1.29 is 9.59 Å². The number of likely N-dealkylation sites (tertiary alicyclic amines) is 1. The van der Waals surface area contributed by atoms with Crippen LogP contribution in [0.2, 0.25) is 5.02 Å². The fraction of sp³-hybridized carbons (Fsp3) is 0.222. The number of aromatic nitrogens is 3. The molecule has 2 N–H and O–H groups in total. The van der Waals surface area contributed by atoms with Crippen molar-refractivity contribution in [1.29, 1.82) is 0 Å². The molecule has 0 bridgehead atoms. The molecule has 1 fully saturated rings. The predicted octanol–water partition coefficient (Wildman–Crippen LogP) is 4.48. The first-order chi connectivity index (χ1) is 16.9. The van der Waals surface area contributed by atoms with Crippen LogP contribution < -0.4 is 10.2 Å². The van der Waals surface area contributed by atoms with Crippen LogP contribution in [-0.4, -0.2) is 38.7 Å². The third-order valence-corrected chi connectivity index (χ3v) is 7.02. The number of quaternary nitrogens is 1. The van der Waals surface area contributed by atoms with Gasteiger partial charge < -0.3 is 10.3 Å². The van der Waals surface area contributed by atoms with Gasteiger partial charge in [-0.15, -0.1) is 0 Å². The van der Waals surface area contributed by atoms with E-state index in [2.05, 4.69) is 5.10 Å². The van der Waals surface area contributed by atoms with Crippen LogP contribution in [0.3, 0.4) is 0 Å². The highest BCUT2D eigenvalue weighted by molar-refractivity contribution is 6.30. The molecule has 2 atom stereocenters. The molecule has 0 saturated carbocycles. The van der Waals surface area contributed by atoms with E-state index in [-0.39, 0.29) is 10.4 Å². The molecule has 8 heteroatoms. The third kappa shape index (κ3) is 4.07. The van der Waals surface area contributed by atoms with Gasteiger partial charge in [0.1, 0.15) is 5.69 Å². The summed E-state index contributed by atoms with van der Waals surface area (Å²) in [6, 6.07) is 20.2. The molecule has 2 aromatic heterocycles. The first kappa shape index (κ1) is 23.1. The minimum atomic E-state index is -0.668. The minimum Gasteiger partial charge on any atom is -0.364 e. The largest absolute Gasteiger partial charge is 0.369 e. The van der Waals surface area contributed by atoms with Gasteiger partial charge in [-0.25, -0.2) is 9.28 Å². The number of carbonyl (C=O) groups is 2. The molecular weight excluding hydrogens is 462 g/mol. The number of carbonyl (C=O) groups excluding carboxylic acids is 2. The average Bonchev–Trinajstić information content (AvgIpc) is 3.60. The number of halogens is 1. The van der Waals surface area contributed by atoms with Crippen molar-refractivity contribution in [2.45, 2.75) is 32.4 Å². The van der Waals surface area contributed by atoms with Gasteiger partial charge in [-0.05, 0) is 48.9 Å². The molecule has 1 aliphatic rings. The Morgan fingerprint density at radius 2 is 1.80 bits per heavy atom. The molecule has 1 saturated heterocycles. The Bertz CT molecular complexity index is 1380. The number of hydrogen-bond donors (Lipinski definition) is 1. The summed E-state index contributed by atoms with van der Waals surface area (Å²) in [5.74, 6) is -0.654. The van der Waals surface area contributed by atoms with E-state index in [4.69, 9.17) is 17.3 Å². The summed E-state index contributed by atoms with van der Waals surface area (Å²) in [4.78, 5) is 27.3. The zero-order valence-corrected chi connectivity index (χ0v) is 20.2. The topological polar surface area (TPSA) is 82.9 Å². The second-order valence-corrected chi connectivity index (χ2v) is 9.43. The Morgan fingerprint density at radius 1 is 1.09 bits per heavy atom. The summed E-state index contributed by atoms with van der Waals surface area (Å²) in [5.41, 5.74) is 9.68. The lowest BCUT2D eigenvalue weighted by molar-refractivity contribution is -0.121. The van der Waals surface area contributed by atoms with E-state index in [9.17, 15) is 9.59 Å². The van der Waals surface area contributed by atoms with E-state index >= 15 is 0 Å². The molecule has 1 unspecified atom stereocenters. The van der Waals surface area contributed by atoms with Gasteiger partial charge in [-0.3, -0.25) is 9.48 Å². The Balaban J connectivity index is 1.66. The average molecular weight is 489 g/mol. The molecule has 35 heavy (non-hydrogen) atoms. The number of rotatable bonds is 6. The van der Waals surface area contributed by atoms with Crippen LogP contribution in [-0.2, 0) is 11.3 Å². The number of amides is 2. The summed E-state index contributed by atoms with van der Waals surface area (Å²) < 4.78 is 3.53. The van der Waals surface area contributed by atoms with E-state index in [1.54, 1.807) is 10.7 Å². The monoisotopic (exact) mass is 488 g/mol. The van der Waals surface area contributed by atoms with Crippen molar-refractivity contribution in [1.82, 2.24) is 18.8 Å². The van der Waals surface area contributed by atoms with Crippen molar-refractivity contribution >= 4 is 29.1 Å². The number of nitrogens with two attached hydrogens (primary N) is 1. The Labute approximate surface area is 208 Å². The van der Waals surface area contributed by atoms with Gasteiger partial charge in [0.25, 0.3) is 5.91 Å². The lowest BCUT2D eigenvalue weighted by Crippen LogP contribution is -2.62. The van der Waals surface area contributed by atoms with E-state index in [0.29, 0.717) is 36.6 Å². The molecular formula is C27H27ClN5O2+. The standard InChI is InChI=1S/C27H26ClN5O2/c1-19-17-23(32(30-19)18-20-10-12-21(28)13-11-20)27(35)33(16-6-9-25(33)26(29)34)24-8-3-2-7-22(24)31-14-4-5-15-31/h2-5,7-8,10-15,17,25H,6,9,16,18H2,1H3,(H-,29,34)/p+1/t25-,33?/m0/s1. The SMILES string of the molecule is Cc1cc(C(=O)[N+]2(c3ccccc3-n3cccc3)CCC[C@H]2C(N)=O)n(Cc2ccc(Cl)cc2)n1. The van der Waals surface area contributed by atoms with Crippen molar-refractivity contribution in [2.75, 3.05) is 6.54 Å². The highest BCUT2D eigenvalue weighted by Crippen LogP contribution is 2.40. The van der Waals surface area contributed by atoms with Gasteiger partial charge in [-0.2, -0.15) is 5.10 Å². The van der Waals surface area contributed by atoms with Crippen molar-refractivity contribution in [2.24, 2.45) is 5.73 Å².